The second-order valence-corrected chi connectivity index (χ2v) is 7.56. The average molecular weight is 424 g/mol. The van der Waals surface area contributed by atoms with Gasteiger partial charge in [0.15, 0.2) is 0 Å². The molecule has 154 valence electrons. The summed E-state index contributed by atoms with van der Waals surface area (Å²) in [6, 6.07) is 11.0. The van der Waals surface area contributed by atoms with Crippen molar-refractivity contribution in [1.82, 2.24) is 14.3 Å². The Bertz CT molecular complexity index is 1120. The Morgan fingerprint density at radius 3 is 2.47 bits per heavy atom. The van der Waals surface area contributed by atoms with E-state index in [1.165, 1.54) is 0 Å². The van der Waals surface area contributed by atoms with Crippen LogP contribution in [0.4, 0.5) is 4.79 Å². The van der Waals surface area contributed by atoms with E-state index in [0.717, 1.165) is 16.8 Å². The summed E-state index contributed by atoms with van der Waals surface area (Å²) in [5, 5.41) is 8.72. The van der Waals surface area contributed by atoms with Gasteiger partial charge in [-0.1, -0.05) is 36.5 Å². The quantitative estimate of drug-likeness (QED) is 0.489. The Hall–Kier alpha value is -3.46. The Morgan fingerprint density at radius 1 is 1.13 bits per heavy atom. The van der Waals surface area contributed by atoms with Gasteiger partial charge in [-0.2, -0.15) is 0 Å². The molecule has 0 radical (unpaired) electrons. The number of aromatic nitrogens is 2. The van der Waals surface area contributed by atoms with Crippen LogP contribution in [0.15, 0.2) is 48.8 Å². The lowest BCUT2D eigenvalue weighted by Gasteiger charge is -2.31. The number of thiocarbonyl (C=S) groups is 1. The number of benzene rings is 1. The summed E-state index contributed by atoms with van der Waals surface area (Å²) in [6.07, 6.45) is 3.06. The Kier molecular flexibility index (Phi) is 5.37. The Morgan fingerprint density at radius 2 is 1.83 bits per heavy atom. The molecule has 1 amide bonds. The largest absolute Gasteiger partial charge is 0.506 e. The summed E-state index contributed by atoms with van der Waals surface area (Å²) < 4.78 is 6.66. The van der Waals surface area contributed by atoms with Gasteiger partial charge in [0.05, 0.1) is 5.69 Å². The smallest absolute Gasteiger partial charge is 0.450 e. The third kappa shape index (κ3) is 4.11. The summed E-state index contributed by atoms with van der Waals surface area (Å²) in [4.78, 5) is 30.2. The van der Waals surface area contributed by atoms with Crippen LogP contribution >= 0.6 is 12.2 Å². The van der Waals surface area contributed by atoms with Crippen LogP contribution in [0.3, 0.4) is 0 Å². The van der Waals surface area contributed by atoms with Crippen molar-refractivity contribution in [2.45, 2.75) is 18.9 Å². The topological polar surface area (TPSA) is 110 Å². The summed E-state index contributed by atoms with van der Waals surface area (Å²) in [5.74, 6) is -0.100. The number of carbonyl (C=O) groups excluding carboxylic acids is 1. The molecule has 4 rings (SSSR count). The number of nitrogens with two attached hydrogens (primary N) is 1. The van der Waals surface area contributed by atoms with Gasteiger partial charge in [0.25, 0.3) is 5.91 Å². The minimum atomic E-state index is -1.28. The van der Waals surface area contributed by atoms with Crippen LogP contribution in [0.2, 0.25) is 0 Å². The molecular weight excluding hydrogens is 404 g/mol. The Balaban J connectivity index is 1.50. The first-order valence-electron chi connectivity index (χ1n) is 9.48. The average Bonchev–Trinajstić information content (AvgIpc) is 3.17. The lowest BCUT2D eigenvalue weighted by Crippen LogP contribution is -2.41. The van der Waals surface area contributed by atoms with Gasteiger partial charge < -0.3 is 24.9 Å². The summed E-state index contributed by atoms with van der Waals surface area (Å²) >= 11 is 4.98. The summed E-state index contributed by atoms with van der Waals surface area (Å²) in [6.45, 7) is 0.911. The molecule has 1 aliphatic rings. The van der Waals surface area contributed by atoms with Crippen LogP contribution in [0, 0.1) is 0 Å². The standard InChI is InChI=1S/C21H20N4O4S/c22-19(30)14-3-1-13(2-4-14)17-12-25-8-5-15(11-18(25)23-17)20(26)24-9-6-16(7-10-24)29-21(27)28/h1-5,8,11-12,16H,6-7,9-10H2,(H2,22,30)(H,27,28). The normalized spacial score (nSPS) is 14.6. The molecular formula is C21H20N4O4S. The predicted octanol–water partition coefficient (Wildman–Crippen LogP) is 2.93. The lowest BCUT2D eigenvalue weighted by atomic mass is 10.1. The number of rotatable bonds is 4. The first kappa shape index (κ1) is 19.8. The summed E-state index contributed by atoms with van der Waals surface area (Å²) in [5.41, 5.74) is 9.35. The number of nitrogens with zero attached hydrogens (tertiary/aromatic N) is 3. The first-order valence-corrected chi connectivity index (χ1v) is 9.89. The highest BCUT2D eigenvalue weighted by Gasteiger charge is 2.26. The number of carboxylic acid groups (broad SMARTS) is 1. The molecule has 8 nitrogen and oxygen atoms in total. The van der Waals surface area contributed by atoms with Crippen molar-refractivity contribution in [3.05, 3.63) is 59.9 Å². The molecule has 1 saturated heterocycles. The molecule has 1 aromatic carbocycles. The molecule has 0 aliphatic carbocycles. The van der Waals surface area contributed by atoms with E-state index in [-0.39, 0.29) is 12.0 Å². The van der Waals surface area contributed by atoms with Crippen molar-refractivity contribution < 1.29 is 19.4 Å². The third-order valence-corrected chi connectivity index (χ3v) is 5.40. The second-order valence-electron chi connectivity index (χ2n) is 7.12. The third-order valence-electron chi connectivity index (χ3n) is 5.17. The molecule has 2 aromatic heterocycles. The van der Waals surface area contributed by atoms with Gasteiger partial charge in [-0.3, -0.25) is 4.79 Å². The van der Waals surface area contributed by atoms with Gasteiger partial charge in [-0.05, 0) is 12.1 Å². The van der Waals surface area contributed by atoms with Crippen LogP contribution in [0.1, 0.15) is 28.8 Å². The molecule has 0 spiro atoms. The van der Waals surface area contributed by atoms with Crippen LogP contribution in [0.25, 0.3) is 16.9 Å². The summed E-state index contributed by atoms with van der Waals surface area (Å²) in [7, 11) is 0. The highest BCUT2D eigenvalue weighted by molar-refractivity contribution is 7.80. The van der Waals surface area contributed by atoms with E-state index in [9.17, 15) is 9.59 Å². The van der Waals surface area contributed by atoms with Crippen molar-refractivity contribution in [2.75, 3.05) is 13.1 Å². The SMILES string of the molecule is NC(=S)c1ccc(-c2cn3ccc(C(=O)N4CCC(OC(=O)O)CC4)cc3n2)cc1. The zero-order valence-corrected chi connectivity index (χ0v) is 16.8. The van der Waals surface area contributed by atoms with Crippen molar-refractivity contribution in [3.63, 3.8) is 0 Å². The van der Waals surface area contributed by atoms with Crippen LogP contribution in [-0.2, 0) is 4.74 Å². The number of fused-ring (bicyclic) bond motifs is 1. The van der Waals surface area contributed by atoms with Gasteiger partial charge in [0, 0.05) is 55.0 Å². The van der Waals surface area contributed by atoms with Crippen LogP contribution < -0.4 is 5.73 Å². The number of piperidine rings is 1. The van der Waals surface area contributed by atoms with Gasteiger partial charge >= 0.3 is 6.16 Å². The van der Waals surface area contributed by atoms with E-state index in [4.69, 9.17) is 27.8 Å². The highest BCUT2D eigenvalue weighted by Crippen LogP contribution is 2.22. The molecule has 0 atom stereocenters. The number of ether oxygens (including phenoxy) is 1. The predicted molar refractivity (Wildman–Crippen MR) is 115 cm³/mol. The fourth-order valence-corrected chi connectivity index (χ4v) is 3.70. The van der Waals surface area contributed by atoms with Crippen LogP contribution in [-0.4, -0.2) is 55.6 Å². The molecule has 0 unspecified atom stereocenters. The molecule has 0 bridgehead atoms. The lowest BCUT2D eigenvalue weighted by molar-refractivity contribution is 0.0199. The van der Waals surface area contributed by atoms with Gasteiger partial charge in [0.1, 0.15) is 16.7 Å². The number of imidazole rings is 1. The van der Waals surface area contributed by atoms with E-state index in [0.29, 0.717) is 42.1 Å². The van der Waals surface area contributed by atoms with Crippen molar-refractivity contribution in [3.8, 4) is 11.3 Å². The number of carbonyl (C=O) groups is 2. The second kappa shape index (κ2) is 8.11. The van der Waals surface area contributed by atoms with Gasteiger partial charge in [-0.15, -0.1) is 0 Å². The number of amides is 1. The monoisotopic (exact) mass is 424 g/mol. The van der Waals surface area contributed by atoms with Crippen LogP contribution in [0.5, 0.6) is 0 Å². The van der Waals surface area contributed by atoms with E-state index in [1.807, 2.05) is 41.1 Å². The number of likely N-dealkylation sites (tertiary alicyclic amines) is 1. The minimum Gasteiger partial charge on any atom is -0.450 e. The maximum Gasteiger partial charge on any atom is 0.506 e. The maximum atomic E-state index is 12.9. The molecule has 1 aliphatic heterocycles. The first-order chi connectivity index (χ1) is 14.4. The van der Waals surface area contributed by atoms with E-state index < -0.39 is 6.16 Å². The number of hydrogen-bond donors (Lipinski definition) is 2. The zero-order valence-electron chi connectivity index (χ0n) is 16.0. The molecule has 9 heteroatoms. The van der Waals surface area contributed by atoms with Crippen molar-refractivity contribution >= 4 is 34.9 Å². The zero-order chi connectivity index (χ0) is 21.3. The van der Waals surface area contributed by atoms with Gasteiger partial charge in [-0.25, -0.2) is 9.78 Å². The molecule has 1 fully saturated rings. The molecule has 3 N–H and O–H groups in total. The molecule has 3 heterocycles. The van der Waals surface area contributed by atoms with E-state index in [2.05, 4.69) is 4.98 Å². The fraction of sp³-hybridized carbons (Fsp3) is 0.238. The van der Waals surface area contributed by atoms with Crippen molar-refractivity contribution in [1.29, 1.82) is 0 Å². The molecule has 30 heavy (non-hydrogen) atoms. The Labute approximate surface area is 177 Å². The van der Waals surface area contributed by atoms with Crippen molar-refractivity contribution in [2.24, 2.45) is 5.73 Å². The highest BCUT2D eigenvalue weighted by atomic mass is 32.1. The minimum absolute atomic E-state index is 0.100. The molecule has 0 saturated carbocycles. The van der Waals surface area contributed by atoms with Gasteiger partial charge in [0.2, 0.25) is 0 Å². The number of pyridine rings is 1. The maximum absolute atomic E-state index is 12.9. The van der Waals surface area contributed by atoms with E-state index >= 15 is 0 Å². The fourth-order valence-electron chi connectivity index (χ4n) is 3.56. The molecule has 3 aromatic rings. The van der Waals surface area contributed by atoms with E-state index in [1.54, 1.807) is 17.0 Å². The number of hydrogen-bond acceptors (Lipinski definition) is 5.